The molecule has 0 heterocycles. The van der Waals surface area contributed by atoms with Gasteiger partial charge in [-0.25, -0.2) is 8.42 Å². The lowest BCUT2D eigenvalue weighted by Gasteiger charge is -2.20. The Morgan fingerprint density at radius 3 is 2.23 bits per heavy atom. The van der Waals surface area contributed by atoms with E-state index in [2.05, 4.69) is 5.32 Å². The molecular weight excluding hydrogens is 428 g/mol. The zero-order valence-corrected chi connectivity index (χ0v) is 19.7. The predicted molar refractivity (Wildman–Crippen MR) is 129 cm³/mol. The van der Waals surface area contributed by atoms with Crippen molar-refractivity contribution in [2.75, 3.05) is 22.9 Å². The lowest BCUT2D eigenvalue weighted by Crippen LogP contribution is -2.26. The number of carbonyl (C=O) groups is 1. The van der Waals surface area contributed by atoms with Crippen molar-refractivity contribution in [1.82, 2.24) is 0 Å². The van der Waals surface area contributed by atoms with Crippen molar-refractivity contribution in [3.63, 3.8) is 0 Å². The Labute approximate surface area is 188 Å². The fraction of sp³-hybridized carbons (Fsp3) is 0.208. The average molecular weight is 455 g/mol. The van der Waals surface area contributed by atoms with Gasteiger partial charge in [0.25, 0.3) is 15.9 Å². The Hall–Kier alpha value is -2.77. The number of aryl methyl sites for hydroxylation is 2. The molecule has 0 atom stereocenters. The van der Waals surface area contributed by atoms with Crippen LogP contribution in [-0.2, 0) is 16.4 Å². The standard InChI is InChI=1S/C24H26N2O3S2/c1-5-18-8-6-7-17(2)23(18)25-24(27)19-9-11-20(12-10-19)26(3)31(28,29)22-15-13-21(30-4)14-16-22/h6-16H,5H2,1-4H3,(H,25,27). The molecule has 0 unspecified atom stereocenters. The number of thioether (sulfide) groups is 1. The SMILES string of the molecule is CCc1cccc(C)c1NC(=O)c1ccc(N(C)S(=O)(=O)c2ccc(SC)cc2)cc1. The molecule has 0 saturated heterocycles. The van der Waals surface area contributed by atoms with Crippen molar-refractivity contribution >= 4 is 39.1 Å². The summed E-state index contributed by atoms with van der Waals surface area (Å²) in [6.45, 7) is 4.01. The van der Waals surface area contributed by atoms with Crippen molar-refractivity contribution in [2.45, 2.75) is 30.1 Å². The van der Waals surface area contributed by atoms with E-state index < -0.39 is 10.0 Å². The molecule has 1 N–H and O–H groups in total. The van der Waals surface area contributed by atoms with Crippen LogP contribution in [0.4, 0.5) is 11.4 Å². The number of nitrogens with zero attached hydrogens (tertiary/aromatic N) is 1. The molecular formula is C24H26N2O3S2. The third kappa shape index (κ3) is 4.94. The number of carbonyl (C=O) groups excluding carboxylic acids is 1. The van der Waals surface area contributed by atoms with Gasteiger partial charge in [0.05, 0.1) is 10.6 Å². The van der Waals surface area contributed by atoms with Crippen LogP contribution in [0.25, 0.3) is 0 Å². The van der Waals surface area contributed by atoms with Crippen molar-refractivity contribution in [2.24, 2.45) is 0 Å². The third-order valence-electron chi connectivity index (χ3n) is 5.19. The van der Waals surface area contributed by atoms with Crippen molar-refractivity contribution in [1.29, 1.82) is 0 Å². The lowest BCUT2D eigenvalue weighted by molar-refractivity contribution is 0.102. The largest absolute Gasteiger partial charge is 0.321 e. The summed E-state index contributed by atoms with van der Waals surface area (Å²) in [4.78, 5) is 14.0. The second-order valence-corrected chi connectivity index (χ2v) is 9.96. The summed E-state index contributed by atoms with van der Waals surface area (Å²) in [6.07, 6.45) is 2.76. The molecule has 0 bridgehead atoms. The van der Waals surface area contributed by atoms with E-state index in [1.807, 2.05) is 38.3 Å². The second-order valence-electron chi connectivity index (χ2n) is 7.11. The average Bonchev–Trinajstić information content (AvgIpc) is 2.79. The zero-order chi connectivity index (χ0) is 22.6. The monoisotopic (exact) mass is 454 g/mol. The number of sulfonamides is 1. The van der Waals surface area contributed by atoms with Crippen LogP contribution in [-0.4, -0.2) is 27.6 Å². The number of hydrogen-bond acceptors (Lipinski definition) is 4. The summed E-state index contributed by atoms with van der Waals surface area (Å²) in [5, 5.41) is 2.99. The molecule has 0 aliphatic carbocycles. The van der Waals surface area contributed by atoms with Gasteiger partial charge >= 0.3 is 0 Å². The first-order chi connectivity index (χ1) is 14.8. The number of para-hydroxylation sites is 1. The molecule has 0 fully saturated rings. The first kappa shape index (κ1) is 22.9. The number of amides is 1. The fourth-order valence-electron chi connectivity index (χ4n) is 3.26. The third-order valence-corrected chi connectivity index (χ3v) is 7.73. The van der Waals surface area contributed by atoms with Crippen molar-refractivity contribution < 1.29 is 13.2 Å². The highest BCUT2D eigenvalue weighted by molar-refractivity contribution is 7.98. The number of rotatable bonds is 7. The minimum Gasteiger partial charge on any atom is -0.321 e. The highest BCUT2D eigenvalue weighted by atomic mass is 32.2. The van der Waals surface area contributed by atoms with E-state index in [4.69, 9.17) is 0 Å². The maximum atomic E-state index is 12.9. The van der Waals surface area contributed by atoms with Gasteiger partial charge < -0.3 is 5.32 Å². The quantitative estimate of drug-likeness (QED) is 0.488. The Morgan fingerprint density at radius 1 is 1.00 bits per heavy atom. The van der Waals surface area contributed by atoms with Crippen LogP contribution in [0.15, 0.2) is 76.5 Å². The molecule has 0 spiro atoms. The van der Waals surface area contributed by atoms with Gasteiger partial charge in [-0.2, -0.15) is 0 Å². The van der Waals surface area contributed by atoms with Crippen LogP contribution in [0.1, 0.15) is 28.4 Å². The molecule has 3 aromatic carbocycles. The van der Waals surface area contributed by atoms with Gasteiger partial charge in [-0.05, 0) is 79.3 Å². The summed E-state index contributed by atoms with van der Waals surface area (Å²) < 4.78 is 27.1. The Morgan fingerprint density at radius 2 is 1.65 bits per heavy atom. The second kappa shape index (κ2) is 9.58. The smallest absolute Gasteiger partial charge is 0.264 e. The van der Waals surface area contributed by atoms with Crippen molar-refractivity contribution in [3.8, 4) is 0 Å². The normalized spacial score (nSPS) is 11.2. The van der Waals surface area contributed by atoms with Gasteiger partial charge in [-0.3, -0.25) is 9.10 Å². The molecule has 1 amide bonds. The molecule has 7 heteroatoms. The first-order valence-corrected chi connectivity index (χ1v) is 12.6. The highest BCUT2D eigenvalue weighted by Crippen LogP contribution is 2.25. The number of anilines is 2. The van der Waals surface area contributed by atoms with E-state index in [0.717, 1.165) is 28.1 Å². The Balaban J connectivity index is 1.80. The maximum Gasteiger partial charge on any atom is 0.264 e. The van der Waals surface area contributed by atoms with Crippen LogP contribution in [0.2, 0.25) is 0 Å². The van der Waals surface area contributed by atoms with Gasteiger partial charge in [0.15, 0.2) is 0 Å². The summed E-state index contributed by atoms with van der Waals surface area (Å²) in [7, 11) is -2.18. The molecule has 0 aliphatic heterocycles. The lowest BCUT2D eigenvalue weighted by atomic mass is 10.1. The van der Waals surface area contributed by atoms with Gasteiger partial charge in [0.1, 0.15) is 0 Å². The minimum atomic E-state index is -3.69. The molecule has 31 heavy (non-hydrogen) atoms. The maximum absolute atomic E-state index is 12.9. The first-order valence-electron chi connectivity index (χ1n) is 9.90. The minimum absolute atomic E-state index is 0.223. The molecule has 3 aromatic rings. The van der Waals surface area contributed by atoms with Crippen molar-refractivity contribution in [3.05, 3.63) is 83.4 Å². The van der Waals surface area contributed by atoms with Gasteiger partial charge in [-0.1, -0.05) is 25.1 Å². The predicted octanol–water partition coefficient (Wildman–Crippen LogP) is 5.36. The molecule has 162 valence electrons. The summed E-state index contributed by atoms with van der Waals surface area (Å²) in [6, 6.07) is 19.3. The van der Waals surface area contributed by atoms with E-state index in [-0.39, 0.29) is 10.8 Å². The van der Waals surface area contributed by atoms with E-state index in [0.29, 0.717) is 11.3 Å². The molecule has 5 nitrogen and oxygen atoms in total. The molecule has 0 radical (unpaired) electrons. The molecule has 0 aliphatic rings. The Bertz CT molecular complexity index is 1170. The fourth-order valence-corrected chi connectivity index (χ4v) is 4.86. The van der Waals surface area contributed by atoms with Gasteiger partial charge in [0, 0.05) is 23.2 Å². The number of benzene rings is 3. The van der Waals surface area contributed by atoms with Crippen LogP contribution < -0.4 is 9.62 Å². The van der Waals surface area contributed by atoms with E-state index >= 15 is 0 Å². The molecule has 0 saturated carbocycles. The van der Waals surface area contributed by atoms with Gasteiger partial charge in [0.2, 0.25) is 0 Å². The van der Waals surface area contributed by atoms with E-state index in [9.17, 15) is 13.2 Å². The number of hydrogen-bond donors (Lipinski definition) is 1. The number of nitrogens with one attached hydrogen (secondary N) is 1. The summed E-state index contributed by atoms with van der Waals surface area (Å²) >= 11 is 1.55. The zero-order valence-electron chi connectivity index (χ0n) is 18.0. The van der Waals surface area contributed by atoms with Crippen LogP contribution >= 0.6 is 11.8 Å². The van der Waals surface area contributed by atoms with Gasteiger partial charge in [-0.15, -0.1) is 11.8 Å². The topological polar surface area (TPSA) is 66.5 Å². The molecule has 3 rings (SSSR count). The summed E-state index contributed by atoms with van der Waals surface area (Å²) in [5.41, 5.74) is 3.85. The van der Waals surface area contributed by atoms with E-state index in [1.54, 1.807) is 60.3 Å². The van der Waals surface area contributed by atoms with Crippen LogP contribution in [0, 0.1) is 6.92 Å². The summed E-state index contributed by atoms with van der Waals surface area (Å²) in [5.74, 6) is -0.228. The highest BCUT2D eigenvalue weighted by Gasteiger charge is 2.21. The Kier molecular flexibility index (Phi) is 7.08. The van der Waals surface area contributed by atoms with Crippen LogP contribution in [0.3, 0.4) is 0 Å². The molecule has 0 aromatic heterocycles. The van der Waals surface area contributed by atoms with Crippen LogP contribution in [0.5, 0.6) is 0 Å². The van der Waals surface area contributed by atoms with E-state index in [1.165, 1.54) is 11.4 Å².